The number of benzene rings is 1. The second kappa shape index (κ2) is 6.83. The predicted molar refractivity (Wildman–Crippen MR) is 93.5 cm³/mol. The van der Waals surface area contributed by atoms with Crippen LogP contribution in [-0.4, -0.2) is 21.7 Å². The number of carbonyl (C=O) groups excluding carboxylic acids is 1. The molecule has 0 unspecified atom stereocenters. The van der Waals surface area contributed by atoms with E-state index in [0.717, 1.165) is 29.7 Å². The van der Waals surface area contributed by atoms with Crippen LogP contribution < -0.4 is 10.9 Å². The van der Waals surface area contributed by atoms with Crippen molar-refractivity contribution in [2.24, 2.45) is 7.05 Å². The Kier molecular flexibility index (Phi) is 4.60. The van der Waals surface area contributed by atoms with Gasteiger partial charge in [0.05, 0.1) is 5.69 Å². The fraction of sp³-hybridized carbons (Fsp3) is 0.316. The van der Waals surface area contributed by atoms with Crippen LogP contribution in [0.2, 0.25) is 0 Å². The van der Waals surface area contributed by atoms with Gasteiger partial charge in [0.2, 0.25) is 5.91 Å². The van der Waals surface area contributed by atoms with Gasteiger partial charge in [-0.1, -0.05) is 30.3 Å². The van der Waals surface area contributed by atoms with Crippen molar-refractivity contribution < 1.29 is 4.79 Å². The Labute approximate surface area is 141 Å². The van der Waals surface area contributed by atoms with E-state index in [9.17, 15) is 9.59 Å². The minimum atomic E-state index is -0.110. The van der Waals surface area contributed by atoms with Crippen LogP contribution in [0.5, 0.6) is 0 Å². The van der Waals surface area contributed by atoms with E-state index in [1.165, 1.54) is 4.68 Å². The van der Waals surface area contributed by atoms with Gasteiger partial charge in [0, 0.05) is 24.7 Å². The van der Waals surface area contributed by atoms with E-state index in [1.54, 1.807) is 13.1 Å². The van der Waals surface area contributed by atoms with Gasteiger partial charge >= 0.3 is 0 Å². The zero-order chi connectivity index (χ0) is 17.1. The standard InChI is InChI=1S/C19H21N3O2/c1-13(10-14-6-4-3-5-7-14)19(24)20-16-8-9-17-15(11-16)12-18(23)22(2)21-17/h3-7,10,12,16H,8-9,11H2,1-2H3,(H,20,24)/b13-10+/t16-/m1/s1. The molecule has 0 fully saturated rings. The van der Waals surface area contributed by atoms with Gasteiger partial charge in [-0.3, -0.25) is 9.59 Å². The smallest absolute Gasteiger partial charge is 0.266 e. The Hall–Kier alpha value is -2.69. The summed E-state index contributed by atoms with van der Waals surface area (Å²) in [6.45, 7) is 1.82. The third-order valence-corrected chi connectivity index (χ3v) is 4.33. The highest BCUT2D eigenvalue weighted by atomic mass is 16.1. The topological polar surface area (TPSA) is 64.0 Å². The summed E-state index contributed by atoms with van der Waals surface area (Å²) >= 11 is 0. The minimum absolute atomic E-state index is 0.0398. The Morgan fingerprint density at radius 2 is 2.08 bits per heavy atom. The van der Waals surface area contributed by atoms with E-state index >= 15 is 0 Å². The van der Waals surface area contributed by atoms with Crippen LogP contribution in [0.15, 0.2) is 46.8 Å². The second-order valence-corrected chi connectivity index (χ2v) is 6.23. The van der Waals surface area contributed by atoms with Crippen LogP contribution >= 0.6 is 0 Å². The molecule has 24 heavy (non-hydrogen) atoms. The molecule has 5 nitrogen and oxygen atoms in total. The summed E-state index contributed by atoms with van der Waals surface area (Å²) < 4.78 is 1.37. The number of nitrogens with one attached hydrogen (secondary N) is 1. The first kappa shape index (κ1) is 16.2. The molecule has 1 aliphatic rings. The maximum Gasteiger partial charge on any atom is 0.266 e. The lowest BCUT2D eigenvalue weighted by molar-refractivity contribution is -0.118. The molecule has 0 bridgehead atoms. The van der Waals surface area contributed by atoms with Gasteiger partial charge in [-0.2, -0.15) is 5.10 Å². The summed E-state index contributed by atoms with van der Waals surface area (Å²) in [7, 11) is 1.66. The normalized spacial score (nSPS) is 17.2. The van der Waals surface area contributed by atoms with E-state index in [2.05, 4.69) is 10.4 Å². The van der Waals surface area contributed by atoms with Crippen LogP contribution in [-0.2, 0) is 24.7 Å². The lowest BCUT2D eigenvalue weighted by Crippen LogP contribution is -2.40. The van der Waals surface area contributed by atoms with Gasteiger partial charge in [-0.15, -0.1) is 0 Å². The SMILES string of the molecule is C/C(=C\c1ccccc1)C(=O)N[C@@H]1CCc2nn(C)c(=O)cc2C1. The fourth-order valence-electron chi connectivity index (χ4n) is 2.97. The molecule has 1 aromatic heterocycles. The predicted octanol–water partition coefficient (Wildman–Crippen LogP) is 1.86. The van der Waals surface area contributed by atoms with Crippen LogP contribution in [0.1, 0.15) is 30.2 Å². The van der Waals surface area contributed by atoms with Crippen molar-refractivity contribution in [2.45, 2.75) is 32.2 Å². The molecule has 2 aromatic rings. The highest BCUT2D eigenvalue weighted by Crippen LogP contribution is 2.18. The summed E-state index contributed by atoms with van der Waals surface area (Å²) in [5, 5.41) is 7.37. The van der Waals surface area contributed by atoms with Crippen LogP contribution in [0, 0.1) is 0 Å². The van der Waals surface area contributed by atoms with Gasteiger partial charge in [-0.05, 0) is 43.4 Å². The average molecular weight is 323 g/mol. The Morgan fingerprint density at radius 3 is 2.83 bits per heavy atom. The molecule has 3 rings (SSSR count). The molecule has 0 saturated carbocycles. The molecule has 1 amide bonds. The molecule has 1 heterocycles. The summed E-state index contributed by atoms with van der Waals surface area (Å²) in [6.07, 6.45) is 4.14. The summed E-state index contributed by atoms with van der Waals surface area (Å²) in [4.78, 5) is 24.1. The van der Waals surface area contributed by atoms with Crippen molar-refractivity contribution >= 4 is 12.0 Å². The first-order valence-electron chi connectivity index (χ1n) is 8.13. The first-order valence-corrected chi connectivity index (χ1v) is 8.13. The van der Waals surface area contributed by atoms with Crippen molar-refractivity contribution in [2.75, 3.05) is 0 Å². The van der Waals surface area contributed by atoms with E-state index < -0.39 is 0 Å². The lowest BCUT2D eigenvalue weighted by Gasteiger charge is -2.25. The summed E-state index contributed by atoms with van der Waals surface area (Å²) in [5.74, 6) is -0.0657. The largest absolute Gasteiger partial charge is 0.349 e. The number of carbonyl (C=O) groups is 1. The van der Waals surface area contributed by atoms with Gasteiger partial charge in [0.1, 0.15) is 0 Å². The monoisotopic (exact) mass is 323 g/mol. The van der Waals surface area contributed by atoms with Gasteiger partial charge in [0.25, 0.3) is 5.56 Å². The van der Waals surface area contributed by atoms with Crippen molar-refractivity contribution in [3.63, 3.8) is 0 Å². The molecule has 124 valence electrons. The van der Waals surface area contributed by atoms with Crippen molar-refractivity contribution in [1.29, 1.82) is 0 Å². The molecule has 0 radical (unpaired) electrons. The molecular formula is C19H21N3O2. The van der Waals surface area contributed by atoms with Crippen LogP contribution in [0.4, 0.5) is 0 Å². The molecule has 0 aliphatic heterocycles. The fourth-order valence-corrected chi connectivity index (χ4v) is 2.97. The van der Waals surface area contributed by atoms with Crippen LogP contribution in [0.3, 0.4) is 0 Å². The van der Waals surface area contributed by atoms with Crippen LogP contribution in [0.25, 0.3) is 6.08 Å². The van der Waals surface area contributed by atoms with Gasteiger partial charge in [-0.25, -0.2) is 4.68 Å². The van der Waals surface area contributed by atoms with Crippen molar-refractivity contribution in [3.8, 4) is 0 Å². The summed E-state index contributed by atoms with van der Waals surface area (Å²) in [6, 6.07) is 11.4. The molecule has 0 spiro atoms. The molecule has 5 heteroatoms. The van der Waals surface area contributed by atoms with Crippen molar-refractivity contribution in [3.05, 3.63) is 69.1 Å². The highest BCUT2D eigenvalue weighted by Gasteiger charge is 2.22. The number of amides is 1. The third kappa shape index (κ3) is 3.62. The third-order valence-electron chi connectivity index (χ3n) is 4.33. The Morgan fingerprint density at radius 1 is 1.33 bits per heavy atom. The number of hydrogen-bond acceptors (Lipinski definition) is 3. The highest BCUT2D eigenvalue weighted by molar-refractivity contribution is 5.97. The number of hydrogen-bond donors (Lipinski definition) is 1. The number of aryl methyl sites for hydroxylation is 2. The number of fused-ring (bicyclic) bond motifs is 1. The average Bonchev–Trinajstić information content (AvgIpc) is 2.57. The summed E-state index contributed by atoms with van der Waals surface area (Å²) in [5.41, 5.74) is 3.47. The van der Waals surface area contributed by atoms with Gasteiger partial charge in [0.15, 0.2) is 0 Å². The lowest BCUT2D eigenvalue weighted by atomic mass is 9.92. The first-order chi connectivity index (χ1) is 11.5. The maximum absolute atomic E-state index is 12.4. The molecule has 1 N–H and O–H groups in total. The van der Waals surface area contributed by atoms with E-state index in [-0.39, 0.29) is 17.5 Å². The van der Waals surface area contributed by atoms with E-state index in [0.29, 0.717) is 12.0 Å². The molecule has 1 aromatic carbocycles. The van der Waals surface area contributed by atoms with Gasteiger partial charge < -0.3 is 5.32 Å². The molecule has 0 saturated heterocycles. The second-order valence-electron chi connectivity index (χ2n) is 6.23. The zero-order valence-corrected chi connectivity index (χ0v) is 14.0. The van der Waals surface area contributed by atoms with E-state index in [4.69, 9.17) is 0 Å². The molecule has 1 atom stereocenters. The molecule has 1 aliphatic carbocycles. The number of aromatic nitrogens is 2. The van der Waals surface area contributed by atoms with Crippen molar-refractivity contribution in [1.82, 2.24) is 15.1 Å². The zero-order valence-electron chi connectivity index (χ0n) is 14.0. The quantitative estimate of drug-likeness (QED) is 0.877. The Bertz CT molecular complexity index is 837. The van der Waals surface area contributed by atoms with E-state index in [1.807, 2.05) is 43.3 Å². The number of rotatable bonds is 3. The maximum atomic E-state index is 12.4. The number of nitrogens with zero attached hydrogens (tertiary/aromatic N) is 2. The molecular weight excluding hydrogens is 302 g/mol. The Balaban J connectivity index is 1.68. The minimum Gasteiger partial charge on any atom is -0.349 e.